The molecule has 0 saturated carbocycles. The fourth-order valence-corrected chi connectivity index (χ4v) is 2.95. The molecular formula is C13H22N4OS. The van der Waals surface area contributed by atoms with Gasteiger partial charge < -0.3 is 10.2 Å². The molecule has 1 aromatic heterocycles. The van der Waals surface area contributed by atoms with Crippen molar-refractivity contribution in [1.82, 2.24) is 20.1 Å². The molecule has 0 spiro atoms. The molecule has 1 unspecified atom stereocenters. The Labute approximate surface area is 118 Å². The van der Waals surface area contributed by atoms with Crippen LogP contribution in [0.15, 0.2) is 5.38 Å². The average molecular weight is 282 g/mol. The minimum Gasteiger partial charge on any atom is -0.338 e. The summed E-state index contributed by atoms with van der Waals surface area (Å²) >= 11 is 1.63. The van der Waals surface area contributed by atoms with Gasteiger partial charge in [0.05, 0.1) is 23.3 Å². The Morgan fingerprint density at radius 3 is 2.84 bits per heavy atom. The highest BCUT2D eigenvalue weighted by Crippen LogP contribution is 2.11. The van der Waals surface area contributed by atoms with Crippen molar-refractivity contribution in [2.24, 2.45) is 0 Å². The van der Waals surface area contributed by atoms with Gasteiger partial charge in [-0.1, -0.05) is 0 Å². The first kappa shape index (κ1) is 14.4. The third-order valence-electron chi connectivity index (χ3n) is 3.50. The van der Waals surface area contributed by atoms with Crippen LogP contribution >= 0.6 is 11.3 Å². The van der Waals surface area contributed by atoms with E-state index in [0.717, 1.165) is 36.9 Å². The quantitative estimate of drug-likeness (QED) is 0.883. The largest absolute Gasteiger partial charge is 0.338 e. The number of thiazole rings is 1. The zero-order chi connectivity index (χ0) is 13.8. The SMILES string of the molecule is Cc1nc(CN(C)C(=O)C(C)N2CCNCC2)cs1. The van der Waals surface area contributed by atoms with Crippen molar-refractivity contribution in [2.45, 2.75) is 26.4 Å². The van der Waals surface area contributed by atoms with Crippen molar-refractivity contribution in [3.05, 3.63) is 16.1 Å². The van der Waals surface area contributed by atoms with Gasteiger partial charge in [-0.3, -0.25) is 9.69 Å². The van der Waals surface area contributed by atoms with E-state index in [-0.39, 0.29) is 11.9 Å². The van der Waals surface area contributed by atoms with E-state index in [2.05, 4.69) is 15.2 Å². The third-order valence-corrected chi connectivity index (χ3v) is 4.32. The number of nitrogens with one attached hydrogen (secondary N) is 1. The van der Waals surface area contributed by atoms with Gasteiger partial charge in [0, 0.05) is 38.6 Å². The van der Waals surface area contributed by atoms with Crippen molar-refractivity contribution < 1.29 is 4.79 Å². The lowest BCUT2D eigenvalue weighted by Crippen LogP contribution is -2.52. The highest BCUT2D eigenvalue weighted by molar-refractivity contribution is 7.09. The van der Waals surface area contributed by atoms with Gasteiger partial charge in [0.1, 0.15) is 0 Å². The molecule has 6 heteroatoms. The standard InChI is InChI=1S/C13H22N4OS/c1-10(17-6-4-14-5-7-17)13(18)16(3)8-12-9-19-11(2)15-12/h9-10,14H,4-8H2,1-3H3. The number of carbonyl (C=O) groups excluding carboxylic acids is 1. The van der Waals surface area contributed by atoms with Crippen LogP contribution in [0.3, 0.4) is 0 Å². The molecule has 0 radical (unpaired) electrons. The Kier molecular flexibility index (Phi) is 4.90. The average Bonchev–Trinajstić information content (AvgIpc) is 2.83. The van der Waals surface area contributed by atoms with E-state index < -0.39 is 0 Å². The molecule has 1 aliphatic heterocycles. The van der Waals surface area contributed by atoms with Crippen LogP contribution in [0, 0.1) is 6.92 Å². The monoisotopic (exact) mass is 282 g/mol. The van der Waals surface area contributed by atoms with Gasteiger partial charge in [-0.2, -0.15) is 0 Å². The van der Waals surface area contributed by atoms with Crippen LogP contribution in [-0.4, -0.2) is 60.0 Å². The van der Waals surface area contributed by atoms with E-state index in [1.165, 1.54) is 0 Å². The van der Waals surface area contributed by atoms with Crippen LogP contribution in [0.1, 0.15) is 17.6 Å². The van der Waals surface area contributed by atoms with Gasteiger partial charge in [0.2, 0.25) is 5.91 Å². The lowest BCUT2D eigenvalue weighted by atomic mass is 10.2. The van der Waals surface area contributed by atoms with Crippen LogP contribution < -0.4 is 5.32 Å². The third kappa shape index (κ3) is 3.75. The van der Waals surface area contributed by atoms with Gasteiger partial charge in [0.25, 0.3) is 0 Å². The van der Waals surface area contributed by atoms with E-state index in [4.69, 9.17) is 0 Å². The molecular weight excluding hydrogens is 260 g/mol. The normalized spacial score (nSPS) is 18.3. The number of nitrogens with zero attached hydrogens (tertiary/aromatic N) is 3. The number of hydrogen-bond donors (Lipinski definition) is 1. The van der Waals surface area contributed by atoms with E-state index >= 15 is 0 Å². The smallest absolute Gasteiger partial charge is 0.239 e. The zero-order valence-electron chi connectivity index (χ0n) is 11.8. The summed E-state index contributed by atoms with van der Waals surface area (Å²) in [7, 11) is 1.86. The highest BCUT2D eigenvalue weighted by atomic mass is 32.1. The molecule has 1 aliphatic rings. The molecule has 0 aromatic carbocycles. The van der Waals surface area contributed by atoms with E-state index in [0.29, 0.717) is 6.54 Å². The maximum Gasteiger partial charge on any atom is 0.239 e. The molecule has 0 aliphatic carbocycles. The first-order chi connectivity index (χ1) is 9.08. The summed E-state index contributed by atoms with van der Waals surface area (Å²) in [5.74, 6) is 0.174. The number of hydrogen-bond acceptors (Lipinski definition) is 5. The fraction of sp³-hybridized carbons (Fsp3) is 0.692. The summed E-state index contributed by atoms with van der Waals surface area (Å²) in [5, 5.41) is 6.37. The first-order valence-corrected chi connectivity index (χ1v) is 7.56. The number of likely N-dealkylation sites (N-methyl/N-ethyl adjacent to an activating group) is 1. The molecule has 106 valence electrons. The number of aryl methyl sites for hydroxylation is 1. The first-order valence-electron chi connectivity index (χ1n) is 6.68. The second kappa shape index (κ2) is 6.45. The molecule has 19 heavy (non-hydrogen) atoms. The Morgan fingerprint density at radius 1 is 1.58 bits per heavy atom. The summed E-state index contributed by atoms with van der Waals surface area (Å²) in [6.07, 6.45) is 0. The van der Waals surface area contributed by atoms with Crippen molar-refractivity contribution in [1.29, 1.82) is 0 Å². The zero-order valence-corrected chi connectivity index (χ0v) is 12.7. The molecule has 0 bridgehead atoms. The molecule has 2 rings (SSSR count). The molecule has 5 nitrogen and oxygen atoms in total. The number of piperazine rings is 1. The molecule has 2 heterocycles. The predicted molar refractivity (Wildman–Crippen MR) is 77.2 cm³/mol. The van der Waals surface area contributed by atoms with Gasteiger partial charge in [-0.05, 0) is 13.8 Å². The summed E-state index contributed by atoms with van der Waals surface area (Å²) in [6, 6.07) is -0.0492. The van der Waals surface area contributed by atoms with Crippen LogP contribution in [0.25, 0.3) is 0 Å². The van der Waals surface area contributed by atoms with Gasteiger partial charge >= 0.3 is 0 Å². The molecule has 1 aromatic rings. The van der Waals surface area contributed by atoms with Crippen LogP contribution in [-0.2, 0) is 11.3 Å². The van der Waals surface area contributed by atoms with Crippen LogP contribution in [0.2, 0.25) is 0 Å². The maximum absolute atomic E-state index is 12.4. The Bertz CT molecular complexity index is 428. The van der Waals surface area contributed by atoms with Crippen molar-refractivity contribution in [3.63, 3.8) is 0 Å². The highest BCUT2D eigenvalue weighted by Gasteiger charge is 2.25. The lowest BCUT2D eigenvalue weighted by Gasteiger charge is -2.33. The minimum atomic E-state index is -0.0492. The topological polar surface area (TPSA) is 48.5 Å². The lowest BCUT2D eigenvalue weighted by molar-refractivity contribution is -0.135. The second-order valence-electron chi connectivity index (χ2n) is 5.01. The maximum atomic E-state index is 12.4. The minimum absolute atomic E-state index is 0.0492. The van der Waals surface area contributed by atoms with Crippen LogP contribution in [0.4, 0.5) is 0 Å². The van der Waals surface area contributed by atoms with E-state index in [9.17, 15) is 4.79 Å². The van der Waals surface area contributed by atoms with Crippen LogP contribution in [0.5, 0.6) is 0 Å². The Morgan fingerprint density at radius 2 is 2.26 bits per heavy atom. The fourth-order valence-electron chi connectivity index (χ4n) is 2.35. The summed E-state index contributed by atoms with van der Waals surface area (Å²) in [5.41, 5.74) is 0.978. The second-order valence-corrected chi connectivity index (χ2v) is 6.08. The summed E-state index contributed by atoms with van der Waals surface area (Å²) in [6.45, 7) is 8.39. The number of amides is 1. The van der Waals surface area contributed by atoms with Gasteiger partial charge in [-0.15, -0.1) is 11.3 Å². The van der Waals surface area contributed by atoms with Gasteiger partial charge in [0.15, 0.2) is 0 Å². The number of aromatic nitrogens is 1. The summed E-state index contributed by atoms with van der Waals surface area (Å²) < 4.78 is 0. The predicted octanol–water partition coefficient (Wildman–Crippen LogP) is 0.704. The van der Waals surface area contributed by atoms with E-state index in [1.54, 1.807) is 16.2 Å². The Balaban J connectivity index is 1.90. The van der Waals surface area contributed by atoms with Gasteiger partial charge in [-0.25, -0.2) is 4.98 Å². The molecule has 1 atom stereocenters. The number of rotatable bonds is 4. The molecule has 1 saturated heterocycles. The van der Waals surface area contributed by atoms with Crippen molar-refractivity contribution in [2.75, 3.05) is 33.2 Å². The summed E-state index contributed by atoms with van der Waals surface area (Å²) in [4.78, 5) is 20.8. The number of carbonyl (C=O) groups is 1. The van der Waals surface area contributed by atoms with Crippen molar-refractivity contribution >= 4 is 17.2 Å². The molecule has 1 N–H and O–H groups in total. The molecule has 1 amide bonds. The van der Waals surface area contributed by atoms with E-state index in [1.807, 2.05) is 26.3 Å². The van der Waals surface area contributed by atoms with Crippen molar-refractivity contribution in [3.8, 4) is 0 Å². The Hall–Kier alpha value is -0.980. The molecule has 1 fully saturated rings.